The Balaban J connectivity index is 1.69. The topological polar surface area (TPSA) is 130 Å². The van der Waals surface area contributed by atoms with Crippen molar-refractivity contribution in [1.82, 2.24) is 15.2 Å². The minimum absolute atomic E-state index is 0.111. The fourth-order valence-corrected chi connectivity index (χ4v) is 2.45. The number of aromatic nitrogens is 2. The van der Waals surface area contributed by atoms with Gasteiger partial charge in [-0.2, -0.15) is 5.10 Å². The Morgan fingerprint density at radius 2 is 2.22 bits per heavy atom. The van der Waals surface area contributed by atoms with Gasteiger partial charge >= 0.3 is 11.6 Å². The third kappa shape index (κ3) is 3.77. The molecule has 11 nitrogen and oxygen atoms in total. The van der Waals surface area contributed by atoms with Crippen LogP contribution in [0.4, 0.5) is 5.69 Å². The van der Waals surface area contributed by atoms with E-state index >= 15 is 0 Å². The van der Waals surface area contributed by atoms with Crippen molar-refractivity contribution in [2.75, 3.05) is 13.9 Å². The van der Waals surface area contributed by atoms with E-state index in [1.165, 1.54) is 20.2 Å². The molecule has 0 saturated carbocycles. The van der Waals surface area contributed by atoms with Crippen LogP contribution in [0.2, 0.25) is 5.02 Å². The molecule has 1 amide bonds. The largest absolute Gasteiger partial charge is 0.475 e. The summed E-state index contributed by atoms with van der Waals surface area (Å²) in [7, 11) is 1.25. The molecule has 3 rings (SSSR count). The van der Waals surface area contributed by atoms with Gasteiger partial charge < -0.3 is 14.2 Å². The number of fused-ring (bicyclic) bond motifs is 1. The van der Waals surface area contributed by atoms with Gasteiger partial charge in [-0.05, 0) is 13.0 Å². The molecule has 0 bridgehead atoms. The minimum atomic E-state index is -0.864. The predicted octanol–water partition coefficient (Wildman–Crippen LogP) is 1.89. The third-order valence-corrected chi connectivity index (χ3v) is 4.04. The van der Waals surface area contributed by atoms with Crippen LogP contribution in [-0.2, 0) is 4.79 Å². The van der Waals surface area contributed by atoms with Crippen LogP contribution >= 0.6 is 11.6 Å². The molecule has 0 saturated heterocycles. The van der Waals surface area contributed by atoms with Crippen molar-refractivity contribution in [2.24, 2.45) is 5.10 Å². The maximum absolute atomic E-state index is 12.2. The first-order chi connectivity index (χ1) is 12.9. The predicted molar refractivity (Wildman–Crippen MR) is 93.5 cm³/mol. The van der Waals surface area contributed by atoms with Crippen LogP contribution in [-0.4, -0.2) is 40.7 Å². The number of benzene rings is 1. The lowest BCUT2D eigenvalue weighted by Crippen LogP contribution is -2.27. The normalized spacial score (nSPS) is 13.6. The molecule has 0 radical (unpaired) electrons. The highest BCUT2D eigenvalue weighted by Gasteiger charge is 2.25. The van der Waals surface area contributed by atoms with E-state index in [4.69, 9.17) is 25.8 Å². The molecule has 142 valence electrons. The van der Waals surface area contributed by atoms with Crippen molar-refractivity contribution in [3.05, 3.63) is 39.0 Å². The summed E-state index contributed by atoms with van der Waals surface area (Å²) in [4.78, 5) is 22.5. The fraction of sp³-hybridized carbons (Fsp3) is 0.267. The number of nitrogens with one attached hydrogen (secondary N) is 1. The molecule has 1 aliphatic heterocycles. The highest BCUT2D eigenvalue weighted by molar-refractivity contribution is 6.33. The average Bonchev–Trinajstić information content (AvgIpc) is 3.27. The van der Waals surface area contributed by atoms with Gasteiger partial charge in [-0.25, -0.2) is 10.1 Å². The van der Waals surface area contributed by atoms with Crippen LogP contribution in [0, 0.1) is 10.1 Å². The lowest BCUT2D eigenvalue weighted by atomic mass is 10.2. The van der Waals surface area contributed by atoms with Gasteiger partial charge in [-0.3, -0.25) is 14.9 Å². The molecule has 2 aromatic rings. The molecule has 1 aliphatic rings. The molecular formula is C15H14ClN5O6. The van der Waals surface area contributed by atoms with Gasteiger partial charge in [-0.15, -0.1) is 5.10 Å². The zero-order valence-electron chi connectivity index (χ0n) is 14.2. The van der Waals surface area contributed by atoms with Gasteiger partial charge in [0.05, 0.1) is 23.3 Å². The van der Waals surface area contributed by atoms with E-state index in [1.54, 1.807) is 12.1 Å². The SMILES string of the molecule is COc1nn([C@@H](C)C(=O)N/N=C\c2cc3c(cc2Cl)OCO3)cc1[N+](=O)[O-]. The zero-order chi connectivity index (χ0) is 19.6. The first-order valence-corrected chi connectivity index (χ1v) is 7.98. The van der Waals surface area contributed by atoms with E-state index in [2.05, 4.69) is 15.6 Å². The first kappa shape index (κ1) is 18.5. The fourth-order valence-electron chi connectivity index (χ4n) is 2.25. The Bertz CT molecular complexity index is 928. The summed E-state index contributed by atoms with van der Waals surface area (Å²) in [6.07, 6.45) is 2.46. The zero-order valence-corrected chi connectivity index (χ0v) is 15.0. The number of halogens is 1. The second-order valence-corrected chi connectivity index (χ2v) is 5.81. The maximum Gasteiger partial charge on any atom is 0.350 e. The summed E-state index contributed by atoms with van der Waals surface area (Å²) in [6, 6.07) is 2.35. The van der Waals surface area contributed by atoms with Crippen LogP contribution in [0.5, 0.6) is 17.4 Å². The van der Waals surface area contributed by atoms with Gasteiger partial charge in [0, 0.05) is 11.6 Å². The van der Waals surface area contributed by atoms with E-state index in [-0.39, 0.29) is 18.4 Å². The molecule has 1 aromatic carbocycles. The van der Waals surface area contributed by atoms with E-state index in [1.807, 2.05) is 0 Å². The number of rotatable bonds is 6. The Hall–Kier alpha value is -3.34. The number of nitro groups is 1. The van der Waals surface area contributed by atoms with E-state index in [0.717, 1.165) is 10.9 Å². The summed E-state index contributed by atoms with van der Waals surface area (Å²) >= 11 is 6.12. The molecule has 0 aliphatic carbocycles. The molecule has 0 unspecified atom stereocenters. The van der Waals surface area contributed by atoms with Crippen molar-refractivity contribution >= 4 is 29.4 Å². The number of amides is 1. The number of nitrogens with zero attached hydrogens (tertiary/aromatic N) is 4. The molecule has 1 atom stereocenters. The number of hydrogen-bond donors (Lipinski definition) is 1. The Morgan fingerprint density at radius 1 is 1.52 bits per heavy atom. The number of methoxy groups -OCH3 is 1. The maximum atomic E-state index is 12.2. The van der Waals surface area contributed by atoms with Gasteiger partial charge in [0.25, 0.3) is 5.91 Å². The molecule has 27 heavy (non-hydrogen) atoms. The van der Waals surface area contributed by atoms with E-state index in [9.17, 15) is 14.9 Å². The number of ether oxygens (including phenoxy) is 3. The van der Waals surface area contributed by atoms with Gasteiger partial charge in [0.15, 0.2) is 11.5 Å². The average molecular weight is 396 g/mol. The summed E-state index contributed by atoms with van der Waals surface area (Å²) in [5.41, 5.74) is 2.51. The van der Waals surface area contributed by atoms with Crippen LogP contribution in [0.1, 0.15) is 18.5 Å². The van der Waals surface area contributed by atoms with Crippen molar-refractivity contribution < 1.29 is 23.9 Å². The Labute approximate surface area is 157 Å². The number of carbonyl (C=O) groups is 1. The summed E-state index contributed by atoms with van der Waals surface area (Å²) in [5, 5.41) is 19.0. The highest BCUT2D eigenvalue weighted by atomic mass is 35.5. The lowest BCUT2D eigenvalue weighted by molar-refractivity contribution is -0.385. The molecule has 2 heterocycles. The van der Waals surface area contributed by atoms with Crippen molar-refractivity contribution in [3.8, 4) is 17.4 Å². The summed E-state index contributed by atoms with van der Waals surface area (Å²) < 4.78 is 16.4. The van der Waals surface area contributed by atoms with Crippen LogP contribution in [0.15, 0.2) is 23.4 Å². The van der Waals surface area contributed by atoms with Crippen LogP contribution in [0.25, 0.3) is 0 Å². The van der Waals surface area contributed by atoms with E-state index in [0.29, 0.717) is 22.1 Å². The molecule has 1 N–H and O–H groups in total. The highest BCUT2D eigenvalue weighted by Crippen LogP contribution is 2.36. The standard InChI is InChI=1S/C15H14ClN5O6/c1-8(20-6-11(21(23)24)15(19-20)25-2)14(22)18-17-5-9-3-12-13(4-10(9)16)27-7-26-12/h3-6,8H,7H2,1-2H3,(H,18,22)/b17-5-/t8-/m0/s1. The summed E-state index contributed by atoms with van der Waals surface area (Å²) in [6.45, 7) is 1.62. The minimum Gasteiger partial charge on any atom is -0.475 e. The number of hydrazone groups is 1. The van der Waals surface area contributed by atoms with Gasteiger partial charge in [-0.1, -0.05) is 11.6 Å². The molecule has 0 spiro atoms. The monoisotopic (exact) mass is 395 g/mol. The third-order valence-electron chi connectivity index (χ3n) is 3.72. The van der Waals surface area contributed by atoms with Crippen molar-refractivity contribution in [1.29, 1.82) is 0 Å². The molecule has 1 aromatic heterocycles. The number of carbonyl (C=O) groups excluding carboxylic acids is 1. The first-order valence-electron chi connectivity index (χ1n) is 7.60. The van der Waals surface area contributed by atoms with Crippen molar-refractivity contribution in [3.63, 3.8) is 0 Å². The number of hydrogen-bond acceptors (Lipinski definition) is 8. The lowest BCUT2D eigenvalue weighted by Gasteiger charge is -2.09. The second-order valence-electron chi connectivity index (χ2n) is 5.40. The van der Waals surface area contributed by atoms with Crippen LogP contribution < -0.4 is 19.6 Å². The van der Waals surface area contributed by atoms with Crippen LogP contribution in [0.3, 0.4) is 0 Å². The Morgan fingerprint density at radius 3 is 2.85 bits per heavy atom. The quantitative estimate of drug-likeness (QED) is 0.449. The van der Waals surface area contributed by atoms with Gasteiger partial charge in [0.1, 0.15) is 12.2 Å². The Kier molecular flexibility index (Phi) is 5.12. The molecule has 0 fully saturated rings. The molecular weight excluding hydrogens is 382 g/mol. The van der Waals surface area contributed by atoms with Gasteiger partial charge in [0.2, 0.25) is 6.79 Å². The summed E-state index contributed by atoms with van der Waals surface area (Å²) in [5.74, 6) is 0.332. The smallest absolute Gasteiger partial charge is 0.350 e. The van der Waals surface area contributed by atoms with Crippen molar-refractivity contribution in [2.45, 2.75) is 13.0 Å². The van der Waals surface area contributed by atoms with E-state index < -0.39 is 16.9 Å². The molecule has 12 heteroatoms. The second kappa shape index (κ2) is 7.50.